The van der Waals surface area contributed by atoms with E-state index >= 15 is 0 Å². The van der Waals surface area contributed by atoms with Crippen LogP contribution in [0.25, 0.3) is 0 Å². The molecule has 1 aromatic rings. The lowest BCUT2D eigenvalue weighted by Gasteiger charge is -2.01. The number of hydrogen-bond acceptors (Lipinski definition) is 4. The molecule has 0 unspecified atom stereocenters. The maximum Gasteiger partial charge on any atom is 0.213 e. The number of alkyl halides is 1. The largest absolute Gasteiger partial charge is 0.360 e. The third-order valence-corrected chi connectivity index (χ3v) is 3.04. The van der Waals surface area contributed by atoms with Gasteiger partial charge in [-0.1, -0.05) is 5.16 Å². The Morgan fingerprint density at radius 2 is 2.38 bits per heavy atom. The predicted molar refractivity (Wildman–Crippen MR) is 47.8 cm³/mol. The second-order valence-corrected chi connectivity index (χ2v) is 4.61. The number of hydrogen-bond donors (Lipinski definition) is 1. The Bertz CT molecular complexity index is 335. The molecule has 1 aromatic heterocycles. The summed E-state index contributed by atoms with van der Waals surface area (Å²) in [6.07, 6.45) is 1.45. The lowest BCUT2D eigenvalue weighted by molar-refractivity contribution is 0.380. The highest BCUT2D eigenvalue weighted by molar-refractivity contribution is 7.89. The average molecular weight is 225 g/mol. The van der Waals surface area contributed by atoms with Gasteiger partial charge in [-0.25, -0.2) is 13.1 Å². The number of rotatable bonds is 5. The SMILES string of the molecule is O=S(=O)(CCCl)NCc1ccno1. The van der Waals surface area contributed by atoms with Crippen LogP contribution in [0.1, 0.15) is 5.76 Å². The first-order valence-electron chi connectivity index (χ1n) is 3.57. The van der Waals surface area contributed by atoms with Crippen LogP contribution in [-0.2, 0) is 16.6 Å². The van der Waals surface area contributed by atoms with Crippen molar-refractivity contribution in [2.24, 2.45) is 0 Å². The first-order valence-corrected chi connectivity index (χ1v) is 5.75. The van der Waals surface area contributed by atoms with Crippen LogP contribution in [0.4, 0.5) is 0 Å². The Kier molecular flexibility index (Phi) is 3.71. The van der Waals surface area contributed by atoms with Crippen LogP contribution in [-0.4, -0.2) is 25.2 Å². The smallest absolute Gasteiger partial charge is 0.213 e. The molecule has 0 bridgehead atoms. The average Bonchev–Trinajstić information content (AvgIpc) is 2.52. The van der Waals surface area contributed by atoms with Crippen LogP contribution in [0.5, 0.6) is 0 Å². The Morgan fingerprint density at radius 3 is 2.92 bits per heavy atom. The van der Waals surface area contributed by atoms with E-state index in [1.54, 1.807) is 6.07 Å². The molecule has 0 spiro atoms. The van der Waals surface area contributed by atoms with Crippen LogP contribution >= 0.6 is 11.6 Å². The standard InChI is InChI=1S/C6H9ClN2O3S/c7-2-4-13(10,11)9-5-6-1-3-8-12-6/h1,3,9H,2,4-5H2. The van der Waals surface area contributed by atoms with Gasteiger partial charge in [0.05, 0.1) is 18.5 Å². The van der Waals surface area contributed by atoms with Gasteiger partial charge in [0.1, 0.15) is 0 Å². The van der Waals surface area contributed by atoms with E-state index in [9.17, 15) is 8.42 Å². The Balaban J connectivity index is 2.43. The molecular weight excluding hydrogens is 216 g/mol. The molecule has 7 heteroatoms. The van der Waals surface area contributed by atoms with Crippen molar-refractivity contribution in [3.05, 3.63) is 18.0 Å². The highest BCUT2D eigenvalue weighted by Gasteiger charge is 2.09. The number of nitrogens with one attached hydrogen (secondary N) is 1. The van der Waals surface area contributed by atoms with Gasteiger partial charge in [0, 0.05) is 11.9 Å². The molecule has 0 fully saturated rings. The molecule has 0 saturated heterocycles. The van der Waals surface area contributed by atoms with E-state index in [4.69, 9.17) is 16.1 Å². The molecular formula is C6H9ClN2O3S. The third-order valence-electron chi connectivity index (χ3n) is 1.30. The highest BCUT2D eigenvalue weighted by Crippen LogP contribution is 1.97. The van der Waals surface area contributed by atoms with Crippen molar-refractivity contribution in [1.82, 2.24) is 9.88 Å². The van der Waals surface area contributed by atoms with Gasteiger partial charge in [-0.05, 0) is 0 Å². The summed E-state index contributed by atoms with van der Waals surface area (Å²) in [6.45, 7) is 0.110. The van der Waals surface area contributed by atoms with Gasteiger partial charge in [0.2, 0.25) is 10.0 Å². The van der Waals surface area contributed by atoms with Gasteiger partial charge >= 0.3 is 0 Å². The Morgan fingerprint density at radius 1 is 1.62 bits per heavy atom. The number of aromatic nitrogens is 1. The molecule has 0 saturated carbocycles. The Hall–Kier alpha value is -0.590. The van der Waals surface area contributed by atoms with Crippen molar-refractivity contribution < 1.29 is 12.9 Å². The monoisotopic (exact) mass is 224 g/mol. The van der Waals surface area contributed by atoms with Gasteiger partial charge in [0.25, 0.3) is 0 Å². The van der Waals surface area contributed by atoms with Gasteiger partial charge in [0.15, 0.2) is 5.76 Å². The van der Waals surface area contributed by atoms with E-state index < -0.39 is 10.0 Å². The molecule has 0 aliphatic carbocycles. The van der Waals surface area contributed by atoms with Gasteiger partial charge in [-0.15, -0.1) is 11.6 Å². The summed E-state index contributed by atoms with van der Waals surface area (Å²) < 4.78 is 29.1. The van der Waals surface area contributed by atoms with Crippen LogP contribution in [0.3, 0.4) is 0 Å². The first-order chi connectivity index (χ1) is 6.14. The predicted octanol–water partition coefficient (Wildman–Crippen LogP) is 0.333. The minimum absolute atomic E-state index is 0.0751. The van der Waals surface area contributed by atoms with E-state index in [-0.39, 0.29) is 18.2 Å². The topological polar surface area (TPSA) is 72.2 Å². The molecule has 1 rings (SSSR count). The summed E-state index contributed by atoms with van der Waals surface area (Å²) in [5.74, 6) is 0.451. The van der Waals surface area contributed by atoms with E-state index in [0.29, 0.717) is 5.76 Å². The molecule has 0 aliphatic rings. The summed E-state index contributed by atoms with van der Waals surface area (Å²) in [7, 11) is -3.28. The van der Waals surface area contributed by atoms with E-state index in [1.165, 1.54) is 6.20 Å². The van der Waals surface area contributed by atoms with Gasteiger partial charge in [-0.3, -0.25) is 0 Å². The molecule has 0 amide bonds. The lowest BCUT2D eigenvalue weighted by Crippen LogP contribution is -2.26. The molecule has 74 valence electrons. The molecule has 1 heterocycles. The second-order valence-electron chi connectivity index (χ2n) is 2.31. The zero-order chi connectivity index (χ0) is 9.73. The van der Waals surface area contributed by atoms with Crippen molar-refractivity contribution in [2.45, 2.75) is 6.54 Å². The molecule has 5 nitrogen and oxygen atoms in total. The molecule has 13 heavy (non-hydrogen) atoms. The van der Waals surface area contributed by atoms with Crippen molar-refractivity contribution in [1.29, 1.82) is 0 Å². The number of halogens is 1. The molecule has 1 N–H and O–H groups in total. The van der Waals surface area contributed by atoms with Gasteiger partial charge in [-0.2, -0.15) is 0 Å². The molecule has 0 aliphatic heterocycles. The third kappa shape index (κ3) is 3.75. The fraction of sp³-hybridized carbons (Fsp3) is 0.500. The molecule has 0 aromatic carbocycles. The van der Waals surface area contributed by atoms with Crippen LogP contribution in [0.15, 0.2) is 16.8 Å². The maximum atomic E-state index is 11.1. The van der Waals surface area contributed by atoms with Crippen LogP contribution in [0.2, 0.25) is 0 Å². The number of nitrogens with zero attached hydrogens (tertiary/aromatic N) is 1. The number of sulfonamides is 1. The van der Waals surface area contributed by atoms with Crippen molar-refractivity contribution in [2.75, 3.05) is 11.6 Å². The summed E-state index contributed by atoms with van der Waals surface area (Å²) >= 11 is 5.29. The van der Waals surface area contributed by atoms with Crippen molar-refractivity contribution in [3.8, 4) is 0 Å². The summed E-state index contributed by atoms with van der Waals surface area (Å²) in [5, 5.41) is 3.43. The lowest BCUT2D eigenvalue weighted by atomic mass is 10.5. The summed E-state index contributed by atoms with van der Waals surface area (Å²) in [6, 6.07) is 1.59. The van der Waals surface area contributed by atoms with Crippen LogP contribution in [0, 0.1) is 0 Å². The van der Waals surface area contributed by atoms with E-state index in [0.717, 1.165) is 0 Å². The first kappa shape index (κ1) is 10.5. The molecule has 0 radical (unpaired) electrons. The van der Waals surface area contributed by atoms with E-state index in [2.05, 4.69) is 9.88 Å². The van der Waals surface area contributed by atoms with E-state index in [1.807, 2.05) is 0 Å². The normalized spacial score (nSPS) is 11.8. The minimum atomic E-state index is -3.28. The summed E-state index contributed by atoms with van der Waals surface area (Å²) in [5.41, 5.74) is 0. The minimum Gasteiger partial charge on any atom is -0.360 e. The van der Waals surface area contributed by atoms with Gasteiger partial charge < -0.3 is 4.52 Å². The molecule has 0 atom stereocenters. The zero-order valence-electron chi connectivity index (χ0n) is 6.73. The quantitative estimate of drug-likeness (QED) is 0.732. The summed E-state index contributed by atoms with van der Waals surface area (Å²) in [4.78, 5) is 0. The zero-order valence-corrected chi connectivity index (χ0v) is 8.31. The fourth-order valence-corrected chi connectivity index (χ4v) is 2.01. The second kappa shape index (κ2) is 4.59. The van der Waals surface area contributed by atoms with Crippen molar-refractivity contribution >= 4 is 21.6 Å². The maximum absolute atomic E-state index is 11.1. The highest BCUT2D eigenvalue weighted by atomic mass is 35.5. The van der Waals surface area contributed by atoms with Crippen molar-refractivity contribution in [3.63, 3.8) is 0 Å². The Labute approximate surface area is 81.1 Å². The fourth-order valence-electron chi connectivity index (χ4n) is 0.688. The van der Waals surface area contributed by atoms with Crippen LogP contribution < -0.4 is 4.72 Å².